The van der Waals surface area contributed by atoms with Crippen molar-refractivity contribution in [3.05, 3.63) is 70.8 Å². The van der Waals surface area contributed by atoms with Crippen LogP contribution < -0.4 is 0 Å². The normalized spacial score (nSPS) is 11.2. The molecule has 0 aliphatic heterocycles. The lowest BCUT2D eigenvalue weighted by atomic mass is 10.1. The van der Waals surface area contributed by atoms with E-state index in [0.29, 0.717) is 16.3 Å². The Labute approximate surface area is 133 Å². The van der Waals surface area contributed by atoms with Crippen LogP contribution in [-0.4, -0.2) is 18.8 Å². The van der Waals surface area contributed by atoms with E-state index in [1.807, 2.05) is 48.5 Å². The standard InChI is InChI=1S/C17H15ClO2S/c1-20-17(19)14(11-13-7-5-6-10-16(13)18)12-21-15-8-3-2-4-9-15/h2-11H,12H2,1H3/b14-11+. The summed E-state index contributed by atoms with van der Waals surface area (Å²) in [5.74, 6) is 0.195. The van der Waals surface area contributed by atoms with Crippen molar-refractivity contribution in [1.29, 1.82) is 0 Å². The van der Waals surface area contributed by atoms with Gasteiger partial charge in [-0.2, -0.15) is 0 Å². The van der Waals surface area contributed by atoms with E-state index in [1.165, 1.54) is 7.11 Å². The van der Waals surface area contributed by atoms with Crippen molar-refractivity contribution in [2.45, 2.75) is 4.90 Å². The third-order valence-electron chi connectivity index (χ3n) is 2.82. The minimum Gasteiger partial charge on any atom is -0.466 e. The second-order valence-electron chi connectivity index (χ2n) is 4.28. The summed E-state index contributed by atoms with van der Waals surface area (Å²) >= 11 is 7.71. The summed E-state index contributed by atoms with van der Waals surface area (Å²) in [6, 6.07) is 17.3. The van der Waals surface area contributed by atoms with Gasteiger partial charge in [0, 0.05) is 21.2 Å². The molecule has 108 valence electrons. The molecule has 0 fully saturated rings. The van der Waals surface area contributed by atoms with E-state index in [0.717, 1.165) is 10.5 Å². The predicted octanol–water partition coefficient (Wildman–Crippen LogP) is 4.69. The number of hydrogen-bond donors (Lipinski definition) is 0. The lowest BCUT2D eigenvalue weighted by molar-refractivity contribution is -0.135. The van der Waals surface area contributed by atoms with Gasteiger partial charge in [-0.15, -0.1) is 11.8 Å². The molecule has 2 nitrogen and oxygen atoms in total. The van der Waals surface area contributed by atoms with Crippen LogP contribution in [0.2, 0.25) is 5.02 Å². The molecule has 2 aromatic rings. The van der Waals surface area contributed by atoms with E-state index >= 15 is 0 Å². The van der Waals surface area contributed by atoms with Gasteiger partial charge in [-0.3, -0.25) is 0 Å². The Morgan fingerprint density at radius 1 is 1.14 bits per heavy atom. The topological polar surface area (TPSA) is 26.3 Å². The van der Waals surface area contributed by atoms with Crippen molar-refractivity contribution in [1.82, 2.24) is 0 Å². The number of carbonyl (C=O) groups is 1. The van der Waals surface area contributed by atoms with Gasteiger partial charge in [-0.25, -0.2) is 4.79 Å². The first-order valence-electron chi connectivity index (χ1n) is 6.42. The number of rotatable bonds is 5. The number of halogens is 1. The van der Waals surface area contributed by atoms with Crippen molar-refractivity contribution in [2.24, 2.45) is 0 Å². The largest absolute Gasteiger partial charge is 0.466 e. The van der Waals surface area contributed by atoms with Gasteiger partial charge in [-0.05, 0) is 29.8 Å². The Bertz CT molecular complexity index is 638. The summed E-state index contributed by atoms with van der Waals surface area (Å²) in [5.41, 5.74) is 1.40. The van der Waals surface area contributed by atoms with Crippen LogP contribution in [0, 0.1) is 0 Å². The Morgan fingerprint density at radius 3 is 2.48 bits per heavy atom. The third kappa shape index (κ3) is 4.66. The first kappa shape index (κ1) is 15.7. The summed E-state index contributed by atoms with van der Waals surface area (Å²) in [4.78, 5) is 13.0. The second kappa shape index (κ2) is 7.91. The van der Waals surface area contributed by atoms with Crippen LogP contribution in [0.3, 0.4) is 0 Å². The number of ether oxygens (including phenoxy) is 1. The summed E-state index contributed by atoms with van der Waals surface area (Å²) in [6.45, 7) is 0. The predicted molar refractivity (Wildman–Crippen MR) is 88.6 cm³/mol. The lowest BCUT2D eigenvalue weighted by Gasteiger charge is -2.07. The average molecular weight is 319 g/mol. The highest BCUT2D eigenvalue weighted by atomic mass is 35.5. The van der Waals surface area contributed by atoms with Gasteiger partial charge >= 0.3 is 5.97 Å². The molecule has 0 bridgehead atoms. The van der Waals surface area contributed by atoms with E-state index in [9.17, 15) is 4.79 Å². The number of hydrogen-bond acceptors (Lipinski definition) is 3. The van der Waals surface area contributed by atoms with E-state index in [4.69, 9.17) is 16.3 Å². The highest BCUT2D eigenvalue weighted by Gasteiger charge is 2.11. The van der Waals surface area contributed by atoms with Gasteiger partial charge < -0.3 is 4.74 Å². The number of carbonyl (C=O) groups excluding carboxylic acids is 1. The van der Waals surface area contributed by atoms with Crippen molar-refractivity contribution < 1.29 is 9.53 Å². The molecular weight excluding hydrogens is 304 g/mol. The van der Waals surface area contributed by atoms with E-state index in [2.05, 4.69) is 0 Å². The molecule has 0 aliphatic carbocycles. The molecule has 0 unspecified atom stereocenters. The van der Waals surface area contributed by atoms with Crippen molar-refractivity contribution in [3.8, 4) is 0 Å². The molecule has 0 radical (unpaired) electrons. The molecule has 0 N–H and O–H groups in total. The maximum atomic E-state index is 11.9. The fourth-order valence-electron chi connectivity index (χ4n) is 1.75. The van der Waals surface area contributed by atoms with Gasteiger partial charge in [0.1, 0.15) is 0 Å². The van der Waals surface area contributed by atoms with Crippen molar-refractivity contribution in [3.63, 3.8) is 0 Å². The lowest BCUT2D eigenvalue weighted by Crippen LogP contribution is -2.07. The molecule has 0 saturated heterocycles. The molecule has 0 amide bonds. The molecule has 0 saturated carbocycles. The van der Waals surface area contributed by atoms with Gasteiger partial charge in [-0.1, -0.05) is 48.0 Å². The van der Waals surface area contributed by atoms with Gasteiger partial charge in [0.05, 0.1) is 7.11 Å². The van der Waals surface area contributed by atoms with Crippen LogP contribution in [-0.2, 0) is 9.53 Å². The SMILES string of the molecule is COC(=O)/C(=C/c1ccccc1Cl)CSc1ccccc1. The molecule has 2 aromatic carbocycles. The van der Waals surface area contributed by atoms with Gasteiger partial charge in [0.15, 0.2) is 0 Å². The van der Waals surface area contributed by atoms with E-state index in [-0.39, 0.29) is 5.97 Å². The summed E-state index contributed by atoms with van der Waals surface area (Å²) in [6.07, 6.45) is 1.78. The fraction of sp³-hybridized carbons (Fsp3) is 0.118. The molecule has 4 heteroatoms. The Hall–Kier alpha value is -1.71. The molecule has 0 spiro atoms. The quantitative estimate of drug-likeness (QED) is 0.454. The molecule has 0 aliphatic rings. The molecule has 21 heavy (non-hydrogen) atoms. The highest BCUT2D eigenvalue weighted by Crippen LogP contribution is 2.24. The maximum absolute atomic E-state index is 11.9. The Morgan fingerprint density at radius 2 is 1.81 bits per heavy atom. The zero-order chi connectivity index (χ0) is 15.1. The number of methoxy groups -OCH3 is 1. The smallest absolute Gasteiger partial charge is 0.334 e. The summed E-state index contributed by atoms with van der Waals surface area (Å²) in [5, 5.41) is 0.614. The first-order chi connectivity index (χ1) is 10.2. The summed E-state index contributed by atoms with van der Waals surface area (Å²) < 4.78 is 4.85. The third-order valence-corrected chi connectivity index (χ3v) is 4.23. The van der Waals surface area contributed by atoms with Gasteiger partial charge in [0.2, 0.25) is 0 Å². The average Bonchev–Trinajstić information content (AvgIpc) is 2.53. The minimum absolute atomic E-state index is 0.335. The van der Waals surface area contributed by atoms with E-state index in [1.54, 1.807) is 23.9 Å². The molecular formula is C17H15ClO2S. The first-order valence-corrected chi connectivity index (χ1v) is 7.78. The monoisotopic (exact) mass is 318 g/mol. The highest BCUT2D eigenvalue weighted by molar-refractivity contribution is 7.99. The van der Waals surface area contributed by atoms with Crippen LogP contribution in [0.5, 0.6) is 0 Å². The zero-order valence-electron chi connectivity index (χ0n) is 11.6. The van der Waals surface area contributed by atoms with Gasteiger partial charge in [0.25, 0.3) is 0 Å². The molecule has 2 rings (SSSR count). The van der Waals surface area contributed by atoms with E-state index < -0.39 is 0 Å². The van der Waals surface area contributed by atoms with Crippen LogP contribution in [0.15, 0.2) is 65.1 Å². The van der Waals surface area contributed by atoms with Crippen molar-refractivity contribution >= 4 is 35.4 Å². The fourth-order valence-corrected chi connectivity index (χ4v) is 2.81. The number of thioether (sulfide) groups is 1. The van der Waals surface area contributed by atoms with Crippen LogP contribution in [0.25, 0.3) is 6.08 Å². The Kier molecular flexibility index (Phi) is 5.90. The molecule has 0 aromatic heterocycles. The van der Waals surface area contributed by atoms with Crippen LogP contribution in [0.1, 0.15) is 5.56 Å². The summed E-state index contributed by atoms with van der Waals surface area (Å²) in [7, 11) is 1.38. The van der Waals surface area contributed by atoms with Crippen LogP contribution in [0.4, 0.5) is 0 Å². The second-order valence-corrected chi connectivity index (χ2v) is 5.74. The minimum atomic E-state index is -0.335. The number of benzene rings is 2. The number of esters is 1. The maximum Gasteiger partial charge on any atom is 0.334 e. The zero-order valence-corrected chi connectivity index (χ0v) is 13.2. The molecule has 0 atom stereocenters. The van der Waals surface area contributed by atoms with Crippen molar-refractivity contribution in [2.75, 3.05) is 12.9 Å². The molecule has 0 heterocycles. The Balaban J connectivity index is 2.19. The van der Waals surface area contributed by atoms with Crippen LogP contribution >= 0.6 is 23.4 Å².